The summed E-state index contributed by atoms with van der Waals surface area (Å²) < 4.78 is 0.378. The Bertz CT molecular complexity index is 711. The second-order valence-electron chi connectivity index (χ2n) is 7.93. The van der Waals surface area contributed by atoms with E-state index in [4.69, 9.17) is 0 Å². The predicted molar refractivity (Wildman–Crippen MR) is 115 cm³/mol. The van der Waals surface area contributed by atoms with E-state index in [9.17, 15) is 9.59 Å². The molecule has 2 bridgehead atoms. The number of carbonyl (C=O) groups is 2. The van der Waals surface area contributed by atoms with Crippen molar-refractivity contribution in [2.24, 2.45) is 17.8 Å². The van der Waals surface area contributed by atoms with Gasteiger partial charge >= 0.3 is 0 Å². The second-order valence-corrected chi connectivity index (χ2v) is 12.1. The molecule has 4 nitrogen and oxygen atoms in total. The van der Waals surface area contributed by atoms with Gasteiger partial charge in [-0.2, -0.15) is 0 Å². The number of amides is 2. The lowest BCUT2D eigenvalue weighted by atomic mass is 9.67. The van der Waals surface area contributed by atoms with Crippen LogP contribution in [0.15, 0.2) is 6.07 Å². The van der Waals surface area contributed by atoms with Crippen molar-refractivity contribution < 1.29 is 9.59 Å². The van der Waals surface area contributed by atoms with Crippen molar-refractivity contribution in [3.8, 4) is 0 Å². The first-order valence-electron chi connectivity index (χ1n) is 10.0. The number of thiophene rings is 1. The van der Waals surface area contributed by atoms with E-state index in [1.54, 1.807) is 0 Å². The maximum absolute atomic E-state index is 12.8. The Morgan fingerprint density at radius 3 is 2.41 bits per heavy atom. The van der Waals surface area contributed by atoms with Gasteiger partial charge in [-0.25, -0.2) is 0 Å². The van der Waals surface area contributed by atoms with Gasteiger partial charge in [0, 0.05) is 22.3 Å². The van der Waals surface area contributed by atoms with Gasteiger partial charge in [-0.15, -0.1) is 34.9 Å². The smallest absolute Gasteiger partial charge is 0.273 e. The number of nitrogens with one attached hydrogen (secondary N) is 2. The fraction of sp³-hybridized carbons (Fsp3) is 0.700. The van der Waals surface area contributed by atoms with Crippen LogP contribution in [0.25, 0.3) is 0 Å². The lowest BCUT2D eigenvalue weighted by Gasteiger charge is -2.51. The van der Waals surface area contributed by atoms with Crippen LogP contribution >= 0.6 is 34.9 Å². The monoisotopic (exact) mass is 424 g/mol. The highest BCUT2D eigenvalue weighted by molar-refractivity contribution is 8.21. The number of hydrogen-bond donors (Lipinski definition) is 2. The van der Waals surface area contributed by atoms with Gasteiger partial charge in [0.25, 0.3) is 5.91 Å². The highest BCUT2D eigenvalue weighted by atomic mass is 32.2. The van der Waals surface area contributed by atoms with Crippen LogP contribution in [0.5, 0.6) is 0 Å². The summed E-state index contributed by atoms with van der Waals surface area (Å²) >= 11 is 5.82. The largest absolute Gasteiger partial charge is 0.279 e. The molecule has 0 aromatic carbocycles. The minimum atomic E-state index is -0.203. The molecule has 27 heavy (non-hydrogen) atoms. The van der Waals surface area contributed by atoms with E-state index in [-0.39, 0.29) is 17.7 Å². The number of hydrazine groups is 1. The van der Waals surface area contributed by atoms with Gasteiger partial charge in [-0.3, -0.25) is 20.4 Å². The van der Waals surface area contributed by atoms with Crippen molar-refractivity contribution in [3.05, 3.63) is 21.4 Å². The molecule has 1 aromatic heterocycles. The summed E-state index contributed by atoms with van der Waals surface area (Å²) in [7, 11) is 0. The van der Waals surface area contributed by atoms with Crippen LogP contribution in [0.3, 0.4) is 0 Å². The van der Waals surface area contributed by atoms with E-state index < -0.39 is 0 Å². The third kappa shape index (κ3) is 3.67. The van der Waals surface area contributed by atoms with Crippen LogP contribution in [-0.4, -0.2) is 27.4 Å². The molecule has 0 radical (unpaired) electrons. The molecule has 3 aliphatic rings. The maximum Gasteiger partial charge on any atom is 0.279 e. The van der Waals surface area contributed by atoms with Crippen LogP contribution in [0.1, 0.15) is 59.1 Å². The van der Waals surface area contributed by atoms with Crippen molar-refractivity contribution >= 4 is 46.7 Å². The Hall–Kier alpha value is -0.660. The van der Waals surface area contributed by atoms with Gasteiger partial charge in [-0.05, 0) is 62.5 Å². The standard InChI is InChI=1S/C20H28N2O2S3/c1-3-16-12(2)9-17(27-16)19(24)22-21-18(23)13-10-14-5-4-6-15(11-13)20(14)25-7-8-26-20/h9,13-15H,3-8,10-11H2,1-2H3,(H,21,23)(H,22,24). The molecule has 2 amide bonds. The second kappa shape index (κ2) is 7.99. The number of rotatable bonds is 3. The first-order chi connectivity index (χ1) is 13.0. The van der Waals surface area contributed by atoms with Crippen LogP contribution in [0, 0.1) is 24.7 Å². The van der Waals surface area contributed by atoms with E-state index in [0.29, 0.717) is 20.8 Å². The van der Waals surface area contributed by atoms with Gasteiger partial charge in [0.2, 0.25) is 5.91 Å². The first-order valence-corrected chi connectivity index (χ1v) is 12.8. The Balaban J connectivity index is 1.36. The molecule has 3 fully saturated rings. The molecule has 2 N–H and O–H groups in total. The van der Waals surface area contributed by atoms with Crippen LogP contribution in [-0.2, 0) is 11.2 Å². The van der Waals surface area contributed by atoms with Crippen molar-refractivity contribution in [1.82, 2.24) is 10.9 Å². The molecule has 7 heteroatoms. The van der Waals surface area contributed by atoms with Gasteiger partial charge in [0.15, 0.2) is 0 Å². The lowest BCUT2D eigenvalue weighted by molar-refractivity contribution is -0.128. The quantitative estimate of drug-likeness (QED) is 0.707. The van der Waals surface area contributed by atoms with Crippen molar-refractivity contribution in [2.45, 2.75) is 56.5 Å². The fourth-order valence-electron chi connectivity index (χ4n) is 5.09. The molecule has 2 saturated carbocycles. The third-order valence-electron chi connectivity index (χ3n) is 6.36. The Kier molecular flexibility index (Phi) is 5.82. The molecule has 2 atom stereocenters. The predicted octanol–water partition coefficient (Wildman–Crippen LogP) is 4.38. The number of thioether (sulfide) groups is 2. The van der Waals surface area contributed by atoms with Crippen LogP contribution < -0.4 is 10.9 Å². The summed E-state index contributed by atoms with van der Waals surface area (Å²) in [4.78, 5) is 27.0. The summed E-state index contributed by atoms with van der Waals surface area (Å²) in [6.07, 6.45) is 6.67. The SMILES string of the molecule is CCc1sc(C(=O)NNC(=O)C2CC3CCCC(C2)C32SCCS2)cc1C. The average molecular weight is 425 g/mol. The lowest BCUT2D eigenvalue weighted by Crippen LogP contribution is -2.52. The van der Waals surface area contributed by atoms with Crippen LogP contribution in [0.2, 0.25) is 0 Å². The highest BCUT2D eigenvalue weighted by Gasteiger charge is 2.55. The Morgan fingerprint density at radius 2 is 1.81 bits per heavy atom. The minimum absolute atomic E-state index is 0.00732. The summed E-state index contributed by atoms with van der Waals surface area (Å²) in [6.45, 7) is 4.12. The average Bonchev–Trinajstić information content (AvgIpc) is 3.26. The van der Waals surface area contributed by atoms with Gasteiger partial charge in [-0.1, -0.05) is 13.3 Å². The number of aryl methyl sites for hydroxylation is 2. The number of carbonyl (C=O) groups excluding carboxylic acids is 2. The topological polar surface area (TPSA) is 58.2 Å². The molecule has 1 aliphatic heterocycles. The summed E-state index contributed by atoms with van der Waals surface area (Å²) in [5, 5.41) is 0. The molecule has 1 saturated heterocycles. The van der Waals surface area contributed by atoms with Crippen molar-refractivity contribution in [3.63, 3.8) is 0 Å². The van der Waals surface area contributed by atoms with E-state index in [0.717, 1.165) is 24.8 Å². The zero-order valence-electron chi connectivity index (χ0n) is 16.0. The molecule has 148 valence electrons. The van der Waals surface area contributed by atoms with Gasteiger partial charge < -0.3 is 0 Å². The third-order valence-corrected chi connectivity index (χ3v) is 11.8. The first kappa shape index (κ1) is 19.6. The molecule has 1 aromatic rings. The highest BCUT2D eigenvalue weighted by Crippen LogP contribution is 2.64. The minimum Gasteiger partial charge on any atom is -0.273 e. The van der Waals surface area contributed by atoms with Crippen LogP contribution in [0.4, 0.5) is 0 Å². The van der Waals surface area contributed by atoms with Crippen molar-refractivity contribution in [1.29, 1.82) is 0 Å². The van der Waals surface area contributed by atoms with E-state index in [1.807, 2.05) is 13.0 Å². The Morgan fingerprint density at radius 1 is 1.15 bits per heavy atom. The fourth-order valence-corrected chi connectivity index (χ4v) is 10.0. The Labute approximate surface area is 174 Å². The molecular weight excluding hydrogens is 396 g/mol. The van der Waals surface area contributed by atoms with E-state index in [1.165, 1.54) is 47.0 Å². The maximum atomic E-state index is 12.8. The van der Waals surface area contributed by atoms with Crippen molar-refractivity contribution in [2.75, 3.05) is 11.5 Å². The molecule has 1 spiro atoms. The van der Waals surface area contributed by atoms with Gasteiger partial charge in [0.05, 0.1) is 8.96 Å². The molecule has 4 rings (SSSR count). The molecule has 2 aliphatic carbocycles. The summed E-state index contributed by atoms with van der Waals surface area (Å²) in [5.74, 6) is 3.61. The molecule has 2 heterocycles. The zero-order chi connectivity index (χ0) is 19.0. The summed E-state index contributed by atoms with van der Waals surface area (Å²) in [5.41, 5.74) is 6.52. The summed E-state index contributed by atoms with van der Waals surface area (Å²) in [6, 6.07) is 1.91. The normalized spacial score (nSPS) is 28.9. The molecular formula is C20H28N2O2S3. The molecule has 2 unspecified atom stereocenters. The number of hydrogen-bond acceptors (Lipinski definition) is 5. The van der Waals surface area contributed by atoms with Gasteiger partial charge in [0.1, 0.15) is 0 Å². The van der Waals surface area contributed by atoms with E-state index in [2.05, 4.69) is 41.3 Å². The zero-order valence-corrected chi connectivity index (χ0v) is 18.5. The van der Waals surface area contributed by atoms with E-state index >= 15 is 0 Å².